The Kier molecular flexibility index (Phi) is 15.9. The van der Waals surface area contributed by atoms with Gasteiger partial charge >= 0.3 is 6.03 Å². The summed E-state index contributed by atoms with van der Waals surface area (Å²) < 4.78 is 37.2. The standard InChI is InChI=1S/C43H52N6O9S/c1-43(2,3)27-22-33(40(55-6)34(23-27)49-59-7)48-42(52)47-32-12-13-35(31-11-9-8-10-30(31)32)58-29-14-15-44-38(26-29)46-28-24-36(53-4)39(37(25-28)54-5)41(51)45-16-18-56-20-21-57-19-17-50/h8-15,22-26,49-50H,16-21H2,1-7H3,(H,44,46)(H,45,51)(H2,47,48,52). The normalized spacial score (nSPS) is 11.1. The van der Waals surface area contributed by atoms with E-state index in [-0.39, 0.29) is 37.3 Å². The number of nitrogens with one attached hydrogen (secondary N) is 5. The fourth-order valence-corrected chi connectivity index (χ4v) is 6.41. The number of benzene rings is 4. The van der Waals surface area contributed by atoms with Gasteiger partial charge in [0.2, 0.25) is 0 Å². The molecule has 0 bridgehead atoms. The van der Waals surface area contributed by atoms with Crippen molar-refractivity contribution >= 4 is 63.2 Å². The summed E-state index contributed by atoms with van der Waals surface area (Å²) in [5.41, 5.74) is 3.53. The molecule has 5 aromatic rings. The maximum Gasteiger partial charge on any atom is 0.323 e. The lowest BCUT2D eigenvalue weighted by atomic mass is 9.86. The minimum atomic E-state index is -0.433. The highest BCUT2D eigenvalue weighted by molar-refractivity contribution is 7.99. The van der Waals surface area contributed by atoms with E-state index in [0.29, 0.717) is 64.8 Å². The molecule has 0 fully saturated rings. The number of amides is 3. The molecule has 5 rings (SSSR count). The Morgan fingerprint density at radius 2 is 1.44 bits per heavy atom. The molecule has 16 heteroatoms. The van der Waals surface area contributed by atoms with Gasteiger partial charge in [0.05, 0.1) is 71.4 Å². The number of nitrogens with zero attached hydrogens (tertiary/aromatic N) is 1. The number of anilines is 5. The number of hydrogen-bond acceptors (Lipinski definition) is 13. The SMILES string of the molecule is COc1cc(Nc2cc(Oc3ccc(NC(=O)Nc4cc(C(C)(C)C)cc(NSC)c4OC)c4ccccc34)ccn2)cc(OC)c1C(=O)NCCOCCOCCO. The first-order valence-electron chi connectivity index (χ1n) is 18.8. The monoisotopic (exact) mass is 828 g/mol. The Bertz CT molecular complexity index is 2190. The Hall–Kier alpha value is -5.94. The maximum atomic E-state index is 13.5. The van der Waals surface area contributed by atoms with Crippen molar-refractivity contribution in [3.8, 4) is 28.7 Å². The van der Waals surface area contributed by atoms with Crippen LogP contribution in [-0.2, 0) is 14.9 Å². The Morgan fingerprint density at radius 1 is 0.763 bits per heavy atom. The van der Waals surface area contributed by atoms with Gasteiger partial charge < -0.3 is 59.5 Å². The van der Waals surface area contributed by atoms with E-state index in [1.54, 1.807) is 49.7 Å². The highest BCUT2D eigenvalue weighted by Crippen LogP contribution is 2.41. The van der Waals surface area contributed by atoms with E-state index in [4.69, 9.17) is 33.5 Å². The topological polar surface area (TPSA) is 183 Å². The van der Waals surface area contributed by atoms with E-state index in [1.165, 1.54) is 26.2 Å². The van der Waals surface area contributed by atoms with Crippen molar-refractivity contribution in [2.24, 2.45) is 0 Å². The van der Waals surface area contributed by atoms with Gasteiger partial charge in [0.25, 0.3) is 5.91 Å². The molecule has 0 unspecified atom stereocenters. The van der Waals surface area contributed by atoms with Crippen LogP contribution in [0.4, 0.5) is 33.4 Å². The summed E-state index contributed by atoms with van der Waals surface area (Å²) in [7, 11) is 4.51. The summed E-state index contributed by atoms with van der Waals surface area (Å²) in [4.78, 5) is 31.1. The molecule has 0 atom stereocenters. The van der Waals surface area contributed by atoms with E-state index < -0.39 is 11.9 Å². The molecule has 15 nitrogen and oxygen atoms in total. The molecule has 1 aromatic heterocycles. The Labute approximate surface area is 348 Å². The second-order valence-corrected chi connectivity index (χ2v) is 14.6. The zero-order valence-corrected chi connectivity index (χ0v) is 35.1. The van der Waals surface area contributed by atoms with Crippen LogP contribution < -0.4 is 44.9 Å². The smallest absolute Gasteiger partial charge is 0.323 e. The number of rotatable bonds is 20. The first-order valence-corrected chi connectivity index (χ1v) is 20.0. The number of methoxy groups -OCH3 is 3. The van der Waals surface area contributed by atoms with Crippen molar-refractivity contribution in [3.63, 3.8) is 0 Å². The molecule has 59 heavy (non-hydrogen) atoms. The summed E-state index contributed by atoms with van der Waals surface area (Å²) in [5, 5.41) is 22.4. The van der Waals surface area contributed by atoms with E-state index in [2.05, 4.69) is 51.7 Å². The molecule has 0 aliphatic carbocycles. The van der Waals surface area contributed by atoms with E-state index in [0.717, 1.165) is 22.0 Å². The van der Waals surface area contributed by atoms with Gasteiger partial charge in [0.15, 0.2) is 5.75 Å². The molecule has 0 saturated heterocycles. The van der Waals surface area contributed by atoms with Gasteiger partial charge in [-0.05, 0) is 41.3 Å². The molecule has 4 aromatic carbocycles. The lowest BCUT2D eigenvalue weighted by Crippen LogP contribution is -2.28. The van der Waals surface area contributed by atoms with Crippen LogP contribution >= 0.6 is 11.9 Å². The minimum absolute atomic E-state index is 0.0497. The zero-order chi connectivity index (χ0) is 42.4. The number of carbonyl (C=O) groups excluding carboxylic acids is 2. The van der Waals surface area contributed by atoms with Crippen LogP contribution in [0.15, 0.2) is 79.0 Å². The number of pyridine rings is 1. The maximum absolute atomic E-state index is 13.5. The average Bonchev–Trinajstić information content (AvgIpc) is 3.22. The summed E-state index contributed by atoms with van der Waals surface area (Å²) in [6.45, 7) is 7.75. The zero-order valence-electron chi connectivity index (χ0n) is 34.3. The minimum Gasteiger partial charge on any atom is -0.496 e. The number of aliphatic hydroxyl groups excluding tert-OH is 1. The van der Waals surface area contributed by atoms with Gasteiger partial charge in [-0.25, -0.2) is 9.78 Å². The van der Waals surface area contributed by atoms with Crippen LogP contribution in [-0.4, -0.2) is 89.2 Å². The number of hydrogen-bond donors (Lipinski definition) is 6. The first kappa shape index (κ1) is 44.2. The molecule has 0 radical (unpaired) electrons. The predicted octanol–water partition coefficient (Wildman–Crippen LogP) is 8.18. The van der Waals surface area contributed by atoms with Crippen molar-refractivity contribution in [2.75, 3.05) is 87.8 Å². The van der Waals surface area contributed by atoms with Crippen LogP contribution in [0.2, 0.25) is 0 Å². The third-order valence-electron chi connectivity index (χ3n) is 8.86. The number of urea groups is 1. The number of ether oxygens (including phenoxy) is 6. The third-order valence-corrected chi connectivity index (χ3v) is 9.28. The van der Waals surface area contributed by atoms with Gasteiger partial charge in [-0.2, -0.15) is 0 Å². The van der Waals surface area contributed by atoms with Crippen LogP contribution in [0.5, 0.6) is 28.7 Å². The van der Waals surface area contributed by atoms with Crippen molar-refractivity contribution in [1.82, 2.24) is 10.3 Å². The summed E-state index contributed by atoms with van der Waals surface area (Å²) in [6, 6.07) is 21.6. The highest BCUT2D eigenvalue weighted by atomic mass is 32.2. The predicted molar refractivity (Wildman–Crippen MR) is 234 cm³/mol. The van der Waals surface area contributed by atoms with Gasteiger partial charge in [-0.3, -0.25) is 4.79 Å². The van der Waals surface area contributed by atoms with Crippen molar-refractivity contribution in [3.05, 3.63) is 90.1 Å². The molecule has 1 heterocycles. The number of aliphatic hydroxyl groups is 1. The number of carbonyl (C=O) groups is 2. The molecule has 314 valence electrons. The lowest BCUT2D eigenvalue weighted by molar-refractivity contribution is 0.0338. The van der Waals surface area contributed by atoms with Crippen molar-refractivity contribution in [2.45, 2.75) is 26.2 Å². The van der Waals surface area contributed by atoms with Crippen LogP contribution in [0, 0.1) is 0 Å². The van der Waals surface area contributed by atoms with E-state index >= 15 is 0 Å². The third kappa shape index (κ3) is 11.8. The van der Waals surface area contributed by atoms with Crippen LogP contribution in [0.1, 0.15) is 36.7 Å². The van der Waals surface area contributed by atoms with Gasteiger partial charge in [0, 0.05) is 53.7 Å². The second kappa shape index (κ2) is 21.2. The highest BCUT2D eigenvalue weighted by Gasteiger charge is 2.22. The Balaban J connectivity index is 1.29. The Morgan fingerprint density at radius 3 is 2.10 bits per heavy atom. The second-order valence-electron chi connectivity index (χ2n) is 14.0. The largest absolute Gasteiger partial charge is 0.496 e. The van der Waals surface area contributed by atoms with Gasteiger partial charge in [-0.15, -0.1) is 0 Å². The first-order chi connectivity index (χ1) is 28.5. The number of aromatic nitrogens is 1. The summed E-state index contributed by atoms with van der Waals surface area (Å²) in [5.74, 6) is 2.25. The van der Waals surface area contributed by atoms with Gasteiger partial charge in [-0.1, -0.05) is 57.0 Å². The van der Waals surface area contributed by atoms with Gasteiger partial charge in [0.1, 0.15) is 34.4 Å². The van der Waals surface area contributed by atoms with Crippen molar-refractivity contribution < 1.29 is 43.1 Å². The molecular weight excluding hydrogens is 777 g/mol. The van der Waals surface area contributed by atoms with Crippen LogP contribution in [0.3, 0.4) is 0 Å². The lowest BCUT2D eigenvalue weighted by Gasteiger charge is -2.24. The quantitative estimate of drug-likeness (QED) is 0.0327. The molecule has 0 saturated carbocycles. The van der Waals surface area contributed by atoms with Crippen LogP contribution in [0.25, 0.3) is 10.8 Å². The molecule has 0 aliphatic heterocycles. The molecule has 0 aliphatic rings. The van der Waals surface area contributed by atoms with E-state index in [1.807, 2.05) is 42.7 Å². The summed E-state index contributed by atoms with van der Waals surface area (Å²) >= 11 is 1.44. The van der Waals surface area contributed by atoms with Crippen molar-refractivity contribution in [1.29, 1.82) is 0 Å². The number of fused-ring (bicyclic) bond motifs is 1. The molecule has 6 N–H and O–H groups in total. The van der Waals surface area contributed by atoms with E-state index in [9.17, 15) is 9.59 Å². The summed E-state index contributed by atoms with van der Waals surface area (Å²) in [6.07, 6.45) is 3.54. The molecular formula is C43H52N6O9S. The molecule has 3 amide bonds. The fraction of sp³-hybridized carbons (Fsp3) is 0.326. The fourth-order valence-electron chi connectivity index (χ4n) is 6.04. The average molecular weight is 829 g/mol. The molecule has 0 spiro atoms.